The highest BCUT2D eigenvalue weighted by molar-refractivity contribution is 5.61. The monoisotopic (exact) mass is 270 g/mol. The zero-order valence-electron chi connectivity index (χ0n) is 11.5. The molecule has 3 N–H and O–H groups in total. The van der Waals surface area contributed by atoms with Crippen molar-refractivity contribution in [3.05, 3.63) is 46.2 Å². The van der Waals surface area contributed by atoms with Gasteiger partial charge in [0.05, 0.1) is 5.69 Å². The average molecular weight is 270 g/mol. The van der Waals surface area contributed by atoms with Crippen LogP contribution in [-0.4, -0.2) is 29.1 Å². The van der Waals surface area contributed by atoms with E-state index in [1.807, 2.05) is 36.1 Å². The maximum Gasteiger partial charge on any atom is 0.252 e. The van der Waals surface area contributed by atoms with Gasteiger partial charge in [0.2, 0.25) is 5.95 Å². The number of nitrogens with one attached hydrogen (secondary N) is 1. The highest BCUT2D eigenvalue weighted by atomic mass is 16.1. The minimum atomic E-state index is -0.132. The first kappa shape index (κ1) is 12.9. The highest BCUT2D eigenvalue weighted by Crippen LogP contribution is 2.20. The second-order valence-corrected chi connectivity index (χ2v) is 5.32. The number of aromatic nitrogens is 2. The molecule has 5 heteroatoms. The molecule has 104 valence electrons. The summed E-state index contributed by atoms with van der Waals surface area (Å²) in [7, 11) is 0. The Hall–Kier alpha value is -2.14. The van der Waals surface area contributed by atoms with Crippen LogP contribution in [0.1, 0.15) is 12.0 Å². The van der Waals surface area contributed by atoms with Crippen LogP contribution in [0.25, 0.3) is 11.3 Å². The Morgan fingerprint density at radius 3 is 2.95 bits per heavy atom. The second-order valence-electron chi connectivity index (χ2n) is 5.32. The van der Waals surface area contributed by atoms with E-state index in [4.69, 9.17) is 5.73 Å². The molecule has 0 spiro atoms. The average Bonchev–Trinajstić information content (AvgIpc) is 2.85. The molecule has 1 aromatic heterocycles. The van der Waals surface area contributed by atoms with Crippen LogP contribution >= 0.6 is 0 Å². The van der Waals surface area contributed by atoms with Crippen LogP contribution in [0.4, 0.5) is 5.95 Å². The number of aryl methyl sites for hydroxylation is 1. The summed E-state index contributed by atoms with van der Waals surface area (Å²) >= 11 is 0. The third-order valence-corrected chi connectivity index (χ3v) is 3.57. The van der Waals surface area contributed by atoms with E-state index in [9.17, 15) is 4.79 Å². The van der Waals surface area contributed by atoms with Gasteiger partial charge in [0, 0.05) is 30.8 Å². The topological polar surface area (TPSA) is 75.0 Å². The van der Waals surface area contributed by atoms with Crippen molar-refractivity contribution in [1.82, 2.24) is 9.97 Å². The summed E-state index contributed by atoms with van der Waals surface area (Å²) in [5.74, 6) is 0.613. The fourth-order valence-corrected chi connectivity index (χ4v) is 2.53. The summed E-state index contributed by atoms with van der Waals surface area (Å²) < 4.78 is 0. The van der Waals surface area contributed by atoms with E-state index in [0.29, 0.717) is 11.6 Å². The van der Waals surface area contributed by atoms with Crippen LogP contribution in [-0.2, 0) is 0 Å². The van der Waals surface area contributed by atoms with Crippen molar-refractivity contribution in [2.75, 3.05) is 18.0 Å². The van der Waals surface area contributed by atoms with Gasteiger partial charge in [-0.2, -0.15) is 0 Å². The van der Waals surface area contributed by atoms with Crippen molar-refractivity contribution < 1.29 is 0 Å². The van der Waals surface area contributed by atoms with Crippen molar-refractivity contribution in [3.8, 4) is 11.3 Å². The van der Waals surface area contributed by atoms with Gasteiger partial charge in [-0.1, -0.05) is 23.8 Å². The second kappa shape index (κ2) is 5.09. The SMILES string of the molecule is Cc1cccc(-c2cc(=O)[nH]c(N3CCC(N)C3)n2)c1. The molecule has 1 fully saturated rings. The molecule has 0 amide bonds. The van der Waals surface area contributed by atoms with E-state index in [1.54, 1.807) is 0 Å². The minimum absolute atomic E-state index is 0.132. The number of aromatic amines is 1. The first-order chi connectivity index (χ1) is 9.61. The molecule has 3 rings (SSSR count). The largest absolute Gasteiger partial charge is 0.341 e. The predicted octanol–water partition coefficient (Wildman–Crippen LogP) is 1.28. The van der Waals surface area contributed by atoms with Crippen LogP contribution in [0.2, 0.25) is 0 Å². The van der Waals surface area contributed by atoms with Gasteiger partial charge < -0.3 is 10.6 Å². The molecule has 1 saturated heterocycles. The summed E-state index contributed by atoms with van der Waals surface area (Å²) in [5, 5.41) is 0. The third kappa shape index (κ3) is 2.58. The van der Waals surface area contributed by atoms with E-state index in [-0.39, 0.29) is 11.6 Å². The normalized spacial score (nSPS) is 18.5. The molecule has 5 nitrogen and oxygen atoms in total. The Balaban J connectivity index is 2.01. The standard InChI is InChI=1S/C15H18N4O/c1-10-3-2-4-11(7-10)13-8-14(20)18-15(17-13)19-6-5-12(16)9-19/h2-4,7-8,12H,5-6,9,16H2,1H3,(H,17,18,20). The fraction of sp³-hybridized carbons (Fsp3) is 0.333. The highest BCUT2D eigenvalue weighted by Gasteiger charge is 2.21. The molecule has 0 aliphatic carbocycles. The molecule has 1 aromatic carbocycles. The number of rotatable bonds is 2. The van der Waals surface area contributed by atoms with Crippen molar-refractivity contribution in [3.63, 3.8) is 0 Å². The lowest BCUT2D eigenvalue weighted by molar-refractivity contribution is 0.750. The Bertz CT molecular complexity index is 680. The molecule has 1 atom stereocenters. The molecule has 1 aliphatic heterocycles. The summed E-state index contributed by atoms with van der Waals surface area (Å²) in [6.07, 6.45) is 0.929. The maximum absolute atomic E-state index is 11.9. The van der Waals surface area contributed by atoms with Crippen molar-refractivity contribution >= 4 is 5.95 Å². The third-order valence-electron chi connectivity index (χ3n) is 3.57. The first-order valence-electron chi connectivity index (χ1n) is 6.81. The summed E-state index contributed by atoms with van der Waals surface area (Å²) in [6.45, 7) is 3.60. The van der Waals surface area contributed by atoms with Gasteiger partial charge in [0.15, 0.2) is 0 Å². The van der Waals surface area contributed by atoms with Gasteiger partial charge in [0.1, 0.15) is 0 Å². The lowest BCUT2D eigenvalue weighted by Crippen LogP contribution is -2.29. The quantitative estimate of drug-likeness (QED) is 0.862. The van der Waals surface area contributed by atoms with Gasteiger partial charge in [-0.15, -0.1) is 0 Å². The van der Waals surface area contributed by atoms with Gasteiger partial charge >= 0.3 is 0 Å². The molecule has 20 heavy (non-hydrogen) atoms. The molecule has 2 heterocycles. The Morgan fingerprint density at radius 1 is 1.40 bits per heavy atom. The number of anilines is 1. The molecule has 0 radical (unpaired) electrons. The predicted molar refractivity (Wildman–Crippen MR) is 79.8 cm³/mol. The summed E-state index contributed by atoms with van der Waals surface area (Å²) in [6, 6.07) is 9.68. The maximum atomic E-state index is 11.9. The Labute approximate surface area is 117 Å². The van der Waals surface area contributed by atoms with Crippen LogP contribution in [0.5, 0.6) is 0 Å². The van der Waals surface area contributed by atoms with Gasteiger partial charge in [0.25, 0.3) is 5.56 Å². The number of hydrogen-bond donors (Lipinski definition) is 2. The smallest absolute Gasteiger partial charge is 0.252 e. The van der Waals surface area contributed by atoms with Crippen LogP contribution in [0, 0.1) is 6.92 Å². The van der Waals surface area contributed by atoms with E-state index >= 15 is 0 Å². The van der Waals surface area contributed by atoms with Crippen LogP contribution in [0.3, 0.4) is 0 Å². The van der Waals surface area contributed by atoms with Crippen LogP contribution in [0.15, 0.2) is 35.1 Å². The van der Waals surface area contributed by atoms with Crippen LogP contribution < -0.4 is 16.2 Å². The lowest BCUT2D eigenvalue weighted by atomic mass is 10.1. The molecule has 1 aliphatic rings. The van der Waals surface area contributed by atoms with E-state index in [0.717, 1.165) is 30.6 Å². The zero-order valence-corrected chi connectivity index (χ0v) is 11.5. The zero-order chi connectivity index (χ0) is 14.1. The van der Waals surface area contributed by atoms with Crippen molar-refractivity contribution in [1.29, 1.82) is 0 Å². The Morgan fingerprint density at radius 2 is 2.25 bits per heavy atom. The van der Waals surface area contributed by atoms with Gasteiger partial charge in [-0.3, -0.25) is 9.78 Å². The Kier molecular flexibility index (Phi) is 3.28. The van der Waals surface area contributed by atoms with Crippen molar-refractivity contribution in [2.24, 2.45) is 5.73 Å². The van der Waals surface area contributed by atoms with Crippen molar-refractivity contribution in [2.45, 2.75) is 19.4 Å². The van der Waals surface area contributed by atoms with E-state index < -0.39 is 0 Å². The van der Waals surface area contributed by atoms with E-state index in [1.165, 1.54) is 6.07 Å². The molecular formula is C15H18N4O. The van der Waals surface area contributed by atoms with Gasteiger partial charge in [-0.25, -0.2) is 4.98 Å². The summed E-state index contributed by atoms with van der Waals surface area (Å²) in [5.41, 5.74) is 8.58. The summed E-state index contributed by atoms with van der Waals surface area (Å²) in [4.78, 5) is 21.3. The number of H-pyrrole nitrogens is 1. The molecular weight excluding hydrogens is 252 g/mol. The first-order valence-corrected chi connectivity index (χ1v) is 6.81. The van der Waals surface area contributed by atoms with E-state index in [2.05, 4.69) is 9.97 Å². The fourth-order valence-electron chi connectivity index (χ4n) is 2.53. The molecule has 0 bridgehead atoms. The lowest BCUT2D eigenvalue weighted by Gasteiger charge is -2.16. The number of hydrogen-bond acceptors (Lipinski definition) is 4. The number of nitrogens with zero attached hydrogens (tertiary/aromatic N) is 2. The molecule has 0 saturated carbocycles. The number of benzene rings is 1. The number of nitrogens with two attached hydrogens (primary N) is 1. The van der Waals surface area contributed by atoms with Gasteiger partial charge in [-0.05, 0) is 19.4 Å². The minimum Gasteiger partial charge on any atom is -0.341 e. The molecule has 1 unspecified atom stereocenters. The molecule has 2 aromatic rings.